The second-order valence-corrected chi connectivity index (χ2v) is 7.75. The van der Waals surface area contributed by atoms with E-state index in [0.717, 1.165) is 6.07 Å². The average molecular weight is 481 g/mol. The van der Waals surface area contributed by atoms with Crippen molar-refractivity contribution in [1.82, 2.24) is 9.88 Å². The molecule has 0 spiro atoms. The first kappa shape index (κ1) is 21.5. The molecule has 0 radical (unpaired) electrons. The summed E-state index contributed by atoms with van der Waals surface area (Å²) < 4.78 is 16.0. The van der Waals surface area contributed by atoms with Gasteiger partial charge in [-0.25, -0.2) is 9.18 Å². The summed E-state index contributed by atoms with van der Waals surface area (Å²) in [5, 5.41) is 15.0. The van der Waals surface area contributed by atoms with Crippen molar-refractivity contribution in [2.24, 2.45) is 5.73 Å². The Balaban J connectivity index is 2.17. The molecule has 9 nitrogen and oxygen atoms in total. The van der Waals surface area contributed by atoms with E-state index in [-0.39, 0.29) is 35.6 Å². The first-order valence-corrected chi connectivity index (χ1v) is 9.69. The number of rotatable bonds is 6. The molecule has 11 heteroatoms. The summed E-state index contributed by atoms with van der Waals surface area (Å²) in [4.78, 5) is 48.2. The fourth-order valence-corrected chi connectivity index (χ4v) is 3.99. The van der Waals surface area contributed by atoms with Crippen LogP contribution in [0.3, 0.4) is 0 Å². The molecule has 158 valence electrons. The van der Waals surface area contributed by atoms with Crippen LogP contribution < -0.4 is 21.9 Å². The first-order valence-electron chi connectivity index (χ1n) is 8.89. The fourth-order valence-electron chi connectivity index (χ4n) is 3.66. The Bertz CT molecular complexity index is 1120. The highest BCUT2D eigenvalue weighted by atomic mass is 79.9. The summed E-state index contributed by atoms with van der Waals surface area (Å²) >= 11 is 3.14. The van der Waals surface area contributed by atoms with E-state index in [1.807, 2.05) is 0 Å². The predicted molar refractivity (Wildman–Crippen MR) is 109 cm³/mol. The molecular formula is C19H18BrFN4O5. The number of aromatic nitrogens is 1. The van der Waals surface area contributed by atoms with E-state index in [1.54, 1.807) is 6.07 Å². The van der Waals surface area contributed by atoms with E-state index in [9.17, 15) is 28.7 Å². The molecule has 1 aromatic carbocycles. The van der Waals surface area contributed by atoms with Gasteiger partial charge in [0.15, 0.2) is 0 Å². The molecule has 0 saturated heterocycles. The van der Waals surface area contributed by atoms with Crippen molar-refractivity contribution in [3.8, 4) is 0 Å². The smallest absolute Gasteiger partial charge is 0.339 e. The van der Waals surface area contributed by atoms with Gasteiger partial charge in [0.25, 0.3) is 5.56 Å². The Kier molecular flexibility index (Phi) is 5.92. The van der Waals surface area contributed by atoms with Crippen molar-refractivity contribution in [3.63, 3.8) is 0 Å². The molecule has 0 saturated carbocycles. The Labute approximate surface area is 178 Å². The van der Waals surface area contributed by atoms with Crippen molar-refractivity contribution in [1.29, 1.82) is 0 Å². The minimum Gasteiger partial charge on any atom is -0.478 e. The molecule has 0 bridgehead atoms. The van der Waals surface area contributed by atoms with Gasteiger partial charge in [0.2, 0.25) is 11.8 Å². The van der Waals surface area contributed by atoms with Gasteiger partial charge in [0, 0.05) is 35.6 Å². The lowest BCUT2D eigenvalue weighted by Crippen LogP contribution is -2.47. The molecule has 3 rings (SSSR count). The Morgan fingerprint density at radius 1 is 1.30 bits per heavy atom. The molecule has 1 aromatic heterocycles. The number of carbonyl (C=O) groups is 3. The molecule has 2 heterocycles. The lowest BCUT2D eigenvalue weighted by Gasteiger charge is -2.24. The number of benzene rings is 1. The number of pyridine rings is 1. The molecule has 2 atom stereocenters. The van der Waals surface area contributed by atoms with Gasteiger partial charge in [0.05, 0.1) is 11.4 Å². The second-order valence-electron chi connectivity index (χ2n) is 6.84. The Morgan fingerprint density at radius 2 is 2.00 bits per heavy atom. The quantitative estimate of drug-likeness (QED) is 0.494. The zero-order valence-corrected chi connectivity index (χ0v) is 17.3. The minimum atomic E-state index is -1.38. The van der Waals surface area contributed by atoms with Gasteiger partial charge in [-0.15, -0.1) is 0 Å². The number of primary amides is 1. The van der Waals surface area contributed by atoms with Gasteiger partial charge >= 0.3 is 5.97 Å². The maximum absolute atomic E-state index is 14.3. The van der Waals surface area contributed by atoms with Crippen LogP contribution in [0.1, 0.15) is 35.3 Å². The highest BCUT2D eigenvalue weighted by Crippen LogP contribution is 2.36. The average Bonchev–Trinajstić information content (AvgIpc) is 3.06. The van der Waals surface area contributed by atoms with Crippen molar-refractivity contribution in [2.45, 2.75) is 31.8 Å². The molecule has 1 aliphatic rings. The summed E-state index contributed by atoms with van der Waals surface area (Å²) in [5.41, 5.74) is 4.49. The largest absolute Gasteiger partial charge is 0.478 e. The molecule has 0 fully saturated rings. The van der Waals surface area contributed by atoms with Crippen molar-refractivity contribution in [2.75, 3.05) is 5.32 Å². The first-order chi connectivity index (χ1) is 14.1. The topological polar surface area (TPSA) is 144 Å². The summed E-state index contributed by atoms with van der Waals surface area (Å²) in [6, 6.07) is 3.99. The monoisotopic (exact) mass is 480 g/mol. The van der Waals surface area contributed by atoms with Crippen LogP contribution >= 0.6 is 15.9 Å². The normalized spacial score (nSPS) is 15.9. The van der Waals surface area contributed by atoms with E-state index in [0.29, 0.717) is 4.47 Å². The van der Waals surface area contributed by atoms with Gasteiger partial charge in [0.1, 0.15) is 17.4 Å². The van der Waals surface area contributed by atoms with Crippen molar-refractivity contribution >= 4 is 45.1 Å². The van der Waals surface area contributed by atoms with Gasteiger partial charge < -0.3 is 26.0 Å². The van der Waals surface area contributed by atoms with Gasteiger partial charge in [-0.1, -0.05) is 15.9 Å². The second kappa shape index (κ2) is 8.27. The minimum absolute atomic E-state index is 0.0343. The summed E-state index contributed by atoms with van der Waals surface area (Å²) in [6.07, 6.45) is 0.222. The third-order valence-electron chi connectivity index (χ3n) is 4.85. The number of anilines is 2. The number of hydrogen-bond acceptors (Lipinski definition) is 5. The molecule has 2 amide bonds. The Morgan fingerprint density at radius 3 is 2.57 bits per heavy atom. The molecule has 2 unspecified atom stereocenters. The molecule has 0 aliphatic carbocycles. The number of nitrogens with one attached hydrogen (secondary N) is 2. The number of carboxylic acid groups (broad SMARTS) is 1. The van der Waals surface area contributed by atoms with Crippen LogP contribution in [0.2, 0.25) is 0 Å². The lowest BCUT2D eigenvalue weighted by molar-refractivity contribution is -0.126. The number of nitrogens with zero attached hydrogens (tertiary/aromatic N) is 1. The number of halogens is 2. The maximum Gasteiger partial charge on any atom is 0.339 e. The predicted octanol–water partition coefficient (Wildman–Crippen LogP) is 1.67. The van der Waals surface area contributed by atoms with Crippen LogP contribution in [0.15, 0.2) is 33.5 Å². The fraction of sp³-hybridized carbons (Fsp3) is 0.263. The zero-order valence-electron chi connectivity index (χ0n) is 15.7. The van der Waals surface area contributed by atoms with Crippen molar-refractivity contribution < 1.29 is 23.9 Å². The van der Waals surface area contributed by atoms with E-state index in [2.05, 4.69) is 26.6 Å². The SMILES string of the molecule is CC(=O)NC(C(N)=O)C1CCn2c1c(C(=O)O)c(Nc1ccc(Br)cc1F)cc2=O. The molecule has 5 N–H and O–H groups in total. The summed E-state index contributed by atoms with van der Waals surface area (Å²) in [7, 11) is 0. The molecule has 2 aromatic rings. The lowest BCUT2D eigenvalue weighted by atomic mass is 9.91. The van der Waals surface area contributed by atoms with E-state index >= 15 is 0 Å². The van der Waals surface area contributed by atoms with Gasteiger partial charge in [-0.2, -0.15) is 0 Å². The number of aromatic carboxylic acids is 1. The number of carbonyl (C=O) groups excluding carboxylic acids is 2. The van der Waals surface area contributed by atoms with Crippen LogP contribution in [-0.2, 0) is 16.1 Å². The highest BCUT2D eigenvalue weighted by molar-refractivity contribution is 9.10. The third-order valence-corrected chi connectivity index (χ3v) is 5.34. The number of nitrogens with two attached hydrogens (primary N) is 1. The van der Waals surface area contributed by atoms with Crippen LogP contribution in [0.25, 0.3) is 0 Å². The maximum atomic E-state index is 14.3. The number of hydrogen-bond donors (Lipinski definition) is 4. The molecule has 1 aliphatic heterocycles. The van der Waals surface area contributed by atoms with Crippen LogP contribution in [-0.4, -0.2) is 33.5 Å². The van der Waals surface area contributed by atoms with E-state index in [1.165, 1.54) is 23.6 Å². The van der Waals surface area contributed by atoms with E-state index < -0.39 is 41.1 Å². The zero-order chi connectivity index (χ0) is 22.2. The highest BCUT2D eigenvalue weighted by Gasteiger charge is 2.39. The number of fused-ring (bicyclic) bond motifs is 1. The van der Waals surface area contributed by atoms with Crippen molar-refractivity contribution in [3.05, 3.63) is 56.2 Å². The van der Waals surface area contributed by atoms with E-state index in [4.69, 9.17) is 5.73 Å². The standard InChI is InChI=1S/C19H18BrFN4O5/c1-8(26)23-16(18(22)28)10-4-5-25-14(27)7-13(15(17(10)25)19(29)30)24-12-3-2-9(20)6-11(12)21/h2-3,6-7,10,16,24H,4-5H2,1H3,(H2,22,28)(H,23,26)(H,29,30). The summed E-state index contributed by atoms with van der Waals surface area (Å²) in [6.45, 7) is 1.35. The molecule has 30 heavy (non-hydrogen) atoms. The van der Waals surface area contributed by atoms with Crippen LogP contribution in [0, 0.1) is 5.82 Å². The van der Waals surface area contributed by atoms with Crippen LogP contribution in [0.5, 0.6) is 0 Å². The summed E-state index contributed by atoms with van der Waals surface area (Å²) in [5.74, 6) is -4.25. The third kappa shape index (κ3) is 4.06. The van der Waals surface area contributed by atoms with Gasteiger partial charge in [-0.3, -0.25) is 14.4 Å². The number of carboxylic acids is 1. The van der Waals surface area contributed by atoms with Gasteiger partial charge in [-0.05, 0) is 24.6 Å². The number of amides is 2. The van der Waals surface area contributed by atoms with Crippen LogP contribution in [0.4, 0.5) is 15.8 Å². The Hall–Kier alpha value is -3.21. The molecular weight excluding hydrogens is 463 g/mol.